The lowest BCUT2D eigenvalue weighted by Crippen LogP contribution is -2.42. The van der Waals surface area contributed by atoms with Gasteiger partial charge in [0.05, 0.1) is 16.4 Å². The van der Waals surface area contributed by atoms with Gasteiger partial charge in [-0.05, 0) is 36.8 Å². The van der Waals surface area contributed by atoms with Crippen LogP contribution in [-0.2, 0) is 0 Å². The molecule has 3 nitrogen and oxygen atoms in total. The quantitative estimate of drug-likeness (QED) is 0.854. The van der Waals surface area contributed by atoms with Crippen molar-refractivity contribution in [2.75, 3.05) is 19.7 Å². The molecule has 1 N–H and O–H groups in total. The van der Waals surface area contributed by atoms with E-state index in [9.17, 15) is 4.79 Å². The average molecular weight is 305 g/mol. The summed E-state index contributed by atoms with van der Waals surface area (Å²) < 4.78 is 0. The number of carbonyl (C=O) groups is 1. The van der Waals surface area contributed by atoms with Crippen molar-refractivity contribution in [3.63, 3.8) is 0 Å². The van der Waals surface area contributed by atoms with Crippen LogP contribution in [0.2, 0.25) is 0 Å². The molecule has 0 aromatic carbocycles. The lowest BCUT2D eigenvalue weighted by atomic mass is 9.92. The van der Waals surface area contributed by atoms with Crippen LogP contribution in [0.15, 0.2) is 6.07 Å². The minimum atomic E-state index is 0.0762. The summed E-state index contributed by atoms with van der Waals surface area (Å²) in [6, 6.07) is 1.94. The van der Waals surface area contributed by atoms with Gasteiger partial charge >= 0.3 is 0 Å². The predicted molar refractivity (Wildman–Crippen MR) is 86.5 cm³/mol. The molecule has 0 saturated carbocycles. The second kappa shape index (κ2) is 7.11. The van der Waals surface area contributed by atoms with E-state index in [0.717, 1.165) is 28.4 Å². The van der Waals surface area contributed by atoms with E-state index >= 15 is 0 Å². The topological polar surface area (TPSA) is 40.5 Å². The van der Waals surface area contributed by atoms with E-state index in [1.165, 1.54) is 17.8 Å². The Bertz CT molecular complexity index is 557. The van der Waals surface area contributed by atoms with Crippen LogP contribution in [0.25, 0.3) is 0 Å². The lowest BCUT2D eigenvalue weighted by molar-refractivity contribution is 0.0628. The molecule has 1 aromatic rings. The van der Waals surface area contributed by atoms with E-state index in [1.54, 1.807) is 0 Å². The first-order valence-electron chi connectivity index (χ1n) is 7.50. The Balaban J connectivity index is 2.13. The molecule has 1 aliphatic rings. The molecule has 4 heteroatoms. The fraction of sp³-hybridized carbons (Fsp3) is 0.588. The molecular formula is C17H23NO2S. The molecule has 0 spiro atoms. The van der Waals surface area contributed by atoms with Crippen LogP contribution >= 0.6 is 11.3 Å². The van der Waals surface area contributed by atoms with Crippen LogP contribution in [0.4, 0.5) is 0 Å². The minimum absolute atomic E-state index is 0.0762. The van der Waals surface area contributed by atoms with Crippen LogP contribution in [0.3, 0.4) is 0 Å². The molecule has 114 valence electrons. The molecule has 2 rings (SSSR count). The number of aliphatic hydroxyl groups is 1. The molecule has 1 amide bonds. The van der Waals surface area contributed by atoms with Gasteiger partial charge in [-0.1, -0.05) is 25.7 Å². The third-order valence-corrected chi connectivity index (χ3v) is 4.86. The van der Waals surface area contributed by atoms with E-state index in [0.29, 0.717) is 18.3 Å². The van der Waals surface area contributed by atoms with E-state index in [4.69, 9.17) is 5.11 Å². The van der Waals surface area contributed by atoms with Gasteiger partial charge < -0.3 is 10.0 Å². The number of likely N-dealkylation sites (tertiary alicyclic amines) is 1. The van der Waals surface area contributed by atoms with Crippen LogP contribution in [0.1, 0.15) is 46.8 Å². The molecular weight excluding hydrogens is 282 g/mol. The van der Waals surface area contributed by atoms with Gasteiger partial charge in [0.2, 0.25) is 0 Å². The third kappa shape index (κ3) is 4.09. The molecule has 1 aliphatic heterocycles. The SMILES string of the molecule is Cc1cc(C(=O)N2CC(C)CC(C)C2)sc1C#CCCO. The zero-order valence-electron chi connectivity index (χ0n) is 13.0. The summed E-state index contributed by atoms with van der Waals surface area (Å²) in [5.74, 6) is 7.25. The molecule has 0 radical (unpaired) electrons. The fourth-order valence-electron chi connectivity index (χ4n) is 2.89. The summed E-state index contributed by atoms with van der Waals surface area (Å²) in [4.78, 5) is 16.3. The molecule has 2 unspecified atom stereocenters. The van der Waals surface area contributed by atoms with Crippen molar-refractivity contribution < 1.29 is 9.90 Å². The molecule has 2 atom stereocenters. The lowest BCUT2D eigenvalue weighted by Gasteiger charge is -2.34. The van der Waals surface area contributed by atoms with Gasteiger partial charge in [-0.25, -0.2) is 0 Å². The minimum Gasteiger partial charge on any atom is -0.395 e. The number of aliphatic hydroxyl groups excluding tert-OH is 1. The highest BCUT2D eigenvalue weighted by Crippen LogP contribution is 2.26. The molecule has 21 heavy (non-hydrogen) atoms. The van der Waals surface area contributed by atoms with Crippen LogP contribution in [0.5, 0.6) is 0 Å². The summed E-state index contributed by atoms with van der Waals surface area (Å²) in [5, 5.41) is 8.77. The highest BCUT2D eigenvalue weighted by atomic mass is 32.1. The Morgan fingerprint density at radius 1 is 1.43 bits per heavy atom. The van der Waals surface area contributed by atoms with Gasteiger partial charge in [0.15, 0.2) is 0 Å². The molecule has 1 aromatic heterocycles. The molecule has 2 heterocycles. The standard InChI is InChI=1S/C17H23NO2S/c1-12-8-13(2)11-18(10-12)17(20)16-9-14(3)15(21-16)6-4-5-7-19/h9,12-13,19H,5,7-8,10-11H2,1-3H3. The number of hydrogen-bond acceptors (Lipinski definition) is 3. The normalized spacial score (nSPS) is 21.8. The van der Waals surface area contributed by atoms with E-state index in [-0.39, 0.29) is 12.5 Å². The summed E-state index contributed by atoms with van der Waals surface area (Å²) in [6.07, 6.45) is 1.67. The van der Waals surface area contributed by atoms with Gasteiger partial charge in [-0.3, -0.25) is 4.79 Å². The molecule has 1 fully saturated rings. The van der Waals surface area contributed by atoms with Gasteiger partial charge in [0.25, 0.3) is 5.91 Å². The number of carbonyl (C=O) groups excluding carboxylic acids is 1. The van der Waals surface area contributed by atoms with E-state index in [1.807, 2.05) is 17.9 Å². The Hall–Kier alpha value is -1.31. The smallest absolute Gasteiger partial charge is 0.263 e. The first kappa shape index (κ1) is 16.1. The fourth-order valence-corrected chi connectivity index (χ4v) is 3.91. The van der Waals surface area contributed by atoms with Gasteiger partial charge in [0, 0.05) is 19.5 Å². The Morgan fingerprint density at radius 2 is 2.10 bits per heavy atom. The van der Waals surface area contributed by atoms with Crippen molar-refractivity contribution in [3.05, 3.63) is 21.4 Å². The van der Waals surface area contributed by atoms with Crippen molar-refractivity contribution in [1.29, 1.82) is 0 Å². The largest absolute Gasteiger partial charge is 0.395 e. The van der Waals surface area contributed by atoms with Crippen molar-refractivity contribution in [3.8, 4) is 11.8 Å². The number of amides is 1. The summed E-state index contributed by atoms with van der Waals surface area (Å²) in [7, 11) is 0. The van der Waals surface area contributed by atoms with E-state index < -0.39 is 0 Å². The Labute approximate surface area is 131 Å². The zero-order valence-corrected chi connectivity index (χ0v) is 13.8. The monoisotopic (exact) mass is 305 g/mol. The number of nitrogens with zero attached hydrogens (tertiary/aromatic N) is 1. The van der Waals surface area contributed by atoms with Crippen LogP contribution in [-0.4, -0.2) is 35.6 Å². The van der Waals surface area contributed by atoms with Gasteiger partial charge in [0.1, 0.15) is 0 Å². The molecule has 0 aliphatic carbocycles. The second-order valence-corrected chi connectivity index (χ2v) is 7.11. The Morgan fingerprint density at radius 3 is 2.71 bits per heavy atom. The number of thiophene rings is 1. The second-order valence-electron chi connectivity index (χ2n) is 6.05. The van der Waals surface area contributed by atoms with E-state index in [2.05, 4.69) is 25.7 Å². The third-order valence-electron chi connectivity index (χ3n) is 3.72. The van der Waals surface area contributed by atoms with Crippen molar-refractivity contribution in [1.82, 2.24) is 4.90 Å². The highest BCUT2D eigenvalue weighted by molar-refractivity contribution is 7.14. The average Bonchev–Trinajstić information content (AvgIpc) is 2.79. The Kier molecular flexibility index (Phi) is 5.44. The summed E-state index contributed by atoms with van der Waals surface area (Å²) >= 11 is 1.47. The van der Waals surface area contributed by atoms with Crippen molar-refractivity contribution >= 4 is 17.2 Å². The summed E-state index contributed by atoms with van der Waals surface area (Å²) in [5.41, 5.74) is 1.05. The van der Waals surface area contributed by atoms with Gasteiger partial charge in [-0.2, -0.15) is 0 Å². The molecule has 1 saturated heterocycles. The first-order valence-corrected chi connectivity index (χ1v) is 8.32. The number of rotatable bonds is 2. The van der Waals surface area contributed by atoms with Gasteiger partial charge in [-0.15, -0.1) is 11.3 Å². The highest BCUT2D eigenvalue weighted by Gasteiger charge is 2.27. The molecule has 0 bridgehead atoms. The number of piperidine rings is 1. The predicted octanol–water partition coefficient (Wildman–Crippen LogP) is 2.91. The van der Waals surface area contributed by atoms with Crippen molar-refractivity contribution in [2.45, 2.75) is 33.6 Å². The zero-order chi connectivity index (χ0) is 15.4. The van der Waals surface area contributed by atoms with Crippen LogP contribution < -0.4 is 0 Å². The van der Waals surface area contributed by atoms with Crippen LogP contribution in [0, 0.1) is 30.6 Å². The van der Waals surface area contributed by atoms with Crippen molar-refractivity contribution in [2.24, 2.45) is 11.8 Å². The maximum absolute atomic E-state index is 12.6. The maximum atomic E-state index is 12.6. The summed E-state index contributed by atoms with van der Waals surface area (Å²) in [6.45, 7) is 8.19. The first-order chi connectivity index (χ1) is 10.0. The number of hydrogen-bond donors (Lipinski definition) is 1. The maximum Gasteiger partial charge on any atom is 0.263 e. The number of aryl methyl sites for hydroxylation is 1.